The summed E-state index contributed by atoms with van der Waals surface area (Å²) in [6, 6.07) is 0.459. The second-order valence-electron chi connectivity index (χ2n) is 5.51. The van der Waals surface area contributed by atoms with Gasteiger partial charge in [-0.25, -0.2) is 0 Å². The van der Waals surface area contributed by atoms with Crippen LogP contribution in [0.3, 0.4) is 0 Å². The van der Waals surface area contributed by atoms with E-state index in [0.29, 0.717) is 25.7 Å². The zero-order valence-corrected chi connectivity index (χ0v) is 13.5. The Balaban J connectivity index is 2.23. The second kappa shape index (κ2) is 11.9. The van der Waals surface area contributed by atoms with Crippen LogP contribution in [0.5, 0.6) is 0 Å². The average molecular weight is 301 g/mol. The van der Waals surface area contributed by atoms with Crippen molar-refractivity contribution < 1.29 is 14.3 Å². The lowest BCUT2D eigenvalue weighted by atomic mass is 10.0. The Morgan fingerprint density at radius 2 is 2.00 bits per heavy atom. The van der Waals surface area contributed by atoms with E-state index in [9.17, 15) is 4.79 Å². The molecule has 6 nitrogen and oxygen atoms in total. The number of carbonyl (C=O) groups is 1. The van der Waals surface area contributed by atoms with Crippen LogP contribution >= 0.6 is 0 Å². The van der Waals surface area contributed by atoms with Gasteiger partial charge in [-0.05, 0) is 25.8 Å². The van der Waals surface area contributed by atoms with Crippen LogP contribution in [-0.4, -0.2) is 77.0 Å². The maximum atomic E-state index is 12.0. The van der Waals surface area contributed by atoms with Gasteiger partial charge in [0.05, 0.1) is 13.2 Å². The van der Waals surface area contributed by atoms with E-state index in [1.807, 2.05) is 0 Å². The van der Waals surface area contributed by atoms with Crippen LogP contribution in [0, 0.1) is 0 Å². The molecule has 1 aliphatic rings. The Labute approximate surface area is 128 Å². The fourth-order valence-corrected chi connectivity index (χ4v) is 2.63. The molecule has 0 spiro atoms. The first kappa shape index (κ1) is 18.4. The van der Waals surface area contributed by atoms with Gasteiger partial charge in [0, 0.05) is 46.5 Å². The Bertz CT molecular complexity index is 277. The highest BCUT2D eigenvalue weighted by atomic mass is 16.5. The predicted octanol–water partition coefficient (Wildman–Crippen LogP) is 0.230. The van der Waals surface area contributed by atoms with E-state index < -0.39 is 0 Å². The van der Waals surface area contributed by atoms with E-state index in [0.717, 1.165) is 39.1 Å². The zero-order chi connectivity index (χ0) is 15.3. The maximum absolute atomic E-state index is 12.0. The van der Waals surface area contributed by atoms with E-state index in [2.05, 4.69) is 15.5 Å². The highest BCUT2D eigenvalue weighted by Crippen LogP contribution is 2.15. The van der Waals surface area contributed by atoms with Crippen LogP contribution in [0.15, 0.2) is 0 Å². The summed E-state index contributed by atoms with van der Waals surface area (Å²) < 4.78 is 10.0. The summed E-state index contributed by atoms with van der Waals surface area (Å²) in [5, 5.41) is 6.36. The first-order chi connectivity index (χ1) is 10.3. The van der Waals surface area contributed by atoms with Crippen molar-refractivity contribution in [3.8, 4) is 0 Å². The molecule has 124 valence electrons. The van der Waals surface area contributed by atoms with Crippen LogP contribution in [0.4, 0.5) is 0 Å². The van der Waals surface area contributed by atoms with Crippen molar-refractivity contribution in [1.29, 1.82) is 0 Å². The highest BCUT2D eigenvalue weighted by Gasteiger charge is 2.23. The van der Waals surface area contributed by atoms with Crippen molar-refractivity contribution in [3.63, 3.8) is 0 Å². The number of amides is 1. The Morgan fingerprint density at radius 3 is 2.76 bits per heavy atom. The molecule has 1 fully saturated rings. The molecule has 0 aromatic rings. The monoisotopic (exact) mass is 301 g/mol. The molecule has 0 aliphatic carbocycles. The van der Waals surface area contributed by atoms with Crippen molar-refractivity contribution in [1.82, 2.24) is 15.5 Å². The summed E-state index contributed by atoms with van der Waals surface area (Å²) in [5.74, 6) is 0.120. The van der Waals surface area contributed by atoms with Crippen LogP contribution in [0.25, 0.3) is 0 Å². The molecule has 0 bridgehead atoms. The van der Waals surface area contributed by atoms with E-state index in [1.54, 1.807) is 14.2 Å². The van der Waals surface area contributed by atoms with Crippen LogP contribution in [0.2, 0.25) is 0 Å². The van der Waals surface area contributed by atoms with Crippen LogP contribution in [0.1, 0.15) is 25.7 Å². The van der Waals surface area contributed by atoms with Gasteiger partial charge in [0.15, 0.2) is 0 Å². The Kier molecular flexibility index (Phi) is 10.4. The molecule has 0 aromatic carbocycles. The summed E-state index contributed by atoms with van der Waals surface area (Å²) in [6.07, 6.45) is 4.47. The maximum Gasteiger partial charge on any atom is 0.234 e. The van der Waals surface area contributed by atoms with Gasteiger partial charge in [0.2, 0.25) is 5.91 Å². The second-order valence-corrected chi connectivity index (χ2v) is 5.51. The fraction of sp³-hybridized carbons (Fsp3) is 0.933. The average Bonchev–Trinajstić information content (AvgIpc) is 2.50. The molecule has 1 aliphatic heterocycles. The van der Waals surface area contributed by atoms with Gasteiger partial charge in [0.25, 0.3) is 0 Å². The van der Waals surface area contributed by atoms with E-state index >= 15 is 0 Å². The molecule has 1 unspecified atom stereocenters. The first-order valence-electron chi connectivity index (χ1n) is 7.97. The third-order valence-electron chi connectivity index (χ3n) is 3.81. The normalized spacial score (nSPS) is 19.6. The van der Waals surface area contributed by atoms with Gasteiger partial charge in [-0.1, -0.05) is 6.42 Å². The highest BCUT2D eigenvalue weighted by molar-refractivity contribution is 5.78. The molecule has 6 heteroatoms. The molecule has 21 heavy (non-hydrogen) atoms. The molecule has 0 saturated carbocycles. The van der Waals surface area contributed by atoms with E-state index in [4.69, 9.17) is 9.47 Å². The fourth-order valence-electron chi connectivity index (χ4n) is 2.63. The molecule has 1 atom stereocenters. The largest absolute Gasteiger partial charge is 0.385 e. The molecule has 1 amide bonds. The van der Waals surface area contributed by atoms with E-state index in [-0.39, 0.29) is 5.91 Å². The van der Waals surface area contributed by atoms with Crippen LogP contribution < -0.4 is 10.6 Å². The minimum Gasteiger partial charge on any atom is -0.385 e. The number of rotatable bonds is 11. The van der Waals surface area contributed by atoms with Crippen LogP contribution in [-0.2, 0) is 14.3 Å². The number of carbonyl (C=O) groups excluding carboxylic acids is 1. The number of likely N-dealkylation sites (tertiary alicyclic amines) is 1. The van der Waals surface area contributed by atoms with Gasteiger partial charge in [0.1, 0.15) is 0 Å². The van der Waals surface area contributed by atoms with Crippen molar-refractivity contribution in [2.24, 2.45) is 0 Å². The quantitative estimate of drug-likeness (QED) is 0.535. The van der Waals surface area contributed by atoms with Gasteiger partial charge in [-0.3, -0.25) is 9.69 Å². The van der Waals surface area contributed by atoms with Gasteiger partial charge in [-0.15, -0.1) is 0 Å². The van der Waals surface area contributed by atoms with E-state index in [1.165, 1.54) is 12.8 Å². The first-order valence-corrected chi connectivity index (χ1v) is 7.97. The van der Waals surface area contributed by atoms with Crippen molar-refractivity contribution in [3.05, 3.63) is 0 Å². The number of piperidine rings is 1. The van der Waals surface area contributed by atoms with Crippen molar-refractivity contribution in [2.75, 3.05) is 60.2 Å². The lowest BCUT2D eigenvalue weighted by Crippen LogP contribution is -2.49. The van der Waals surface area contributed by atoms with Crippen molar-refractivity contribution >= 4 is 5.91 Å². The summed E-state index contributed by atoms with van der Waals surface area (Å²) in [6.45, 7) is 5.43. The summed E-state index contributed by atoms with van der Waals surface area (Å²) >= 11 is 0. The molecule has 1 heterocycles. The van der Waals surface area contributed by atoms with Gasteiger partial charge < -0.3 is 20.1 Å². The molecular weight excluding hydrogens is 270 g/mol. The smallest absolute Gasteiger partial charge is 0.234 e. The standard InChI is InChI=1S/C15H31N3O3/c1-20-10-5-7-17-15(19)13-18-9-4-3-6-14(18)12-16-8-11-21-2/h14,16H,3-13H2,1-2H3,(H,17,19). The minimum atomic E-state index is 0.120. The molecule has 0 radical (unpaired) electrons. The number of nitrogens with one attached hydrogen (secondary N) is 2. The Morgan fingerprint density at radius 1 is 1.19 bits per heavy atom. The van der Waals surface area contributed by atoms with Gasteiger partial charge in [-0.2, -0.15) is 0 Å². The Hall–Kier alpha value is -0.690. The summed E-state index contributed by atoms with van der Waals surface area (Å²) in [5.41, 5.74) is 0. The number of nitrogens with zero attached hydrogens (tertiary/aromatic N) is 1. The molecule has 1 rings (SSSR count). The third-order valence-corrected chi connectivity index (χ3v) is 3.81. The molecule has 0 aromatic heterocycles. The summed E-state index contributed by atoms with van der Waals surface area (Å²) in [4.78, 5) is 14.3. The molecule has 2 N–H and O–H groups in total. The lowest BCUT2D eigenvalue weighted by molar-refractivity contribution is -0.123. The predicted molar refractivity (Wildman–Crippen MR) is 83.5 cm³/mol. The number of hydrogen-bond donors (Lipinski definition) is 2. The van der Waals surface area contributed by atoms with Gasteiger partial charge >= 0.3 is 0 Å². The van der Waals surface area contributed by atoms with Crippen molar-refractivity contribution in [2.45, 2.75) is 31.7 Å². The molecule has 1 saturated heterocycles. The minimum absolute atomic E-state index is 0.120. The topological polar surface area (TPSA) is 62.8 Å². The lowest BCUT2D eigenvalue weighted by Gasteiger charge is -2.35. The number of methoxy groups -OCH3 is 2. The zero-order valence-electron chi connectivity index (χ0n) is 13.5. The third kappa shape index (κ3) is 8.36. The summed E-state index contributed by atoms with van der Waals surface area (Å²) in [7, 11) is 3.39. The number of hydrogen-bond acceptors (Lipinski definition) is 5. The number of ether oxygens (including phenoxy) is 2. The molecular formula is C15H31N3O3. The SMILES string of the molecule is COCCCNC(=O)CN1CCCCC1CNCCOC.